The first-order valence-corrected chi connectivity index (χ1v) is 12.0. The lowest BCUT2D eigenvalue weighted by molar-refractivity contribution is 0.146. The zero-order valence-electron chi connectivity index (χ0n) is 16.2. The molecule has 3 nitrogen and oxygen atoms in total. The predicted molar refractivity (Wildman–Crippen MR) is 111 cm³/mol. The van der Waals surface area contributed by atoms with Gasteiger partial charge in [-0.1, -0.05) is 47.5 Å². The van der Waals surface area contributed by atoms with Crippen LogP contribution >= 0.6 is 0 Å². The van der Waals surface area contributed by atoms with E-state index >= 15 is 0 Å². The van der Waals surface area contributed by atoms with Crippen molar-refractivity contribution in [2.24, 2.45) is 0 Å². The van der Waals surface area contributed by atoms with Gasteiger partial charge >= 0.3 is 8.80 Å². The summed E-state index contributed by atoms with van der Waals surface area (Å²) in [6.45, 7) is 0. The van der Waals surface area contributed by atoms with Crippen LogP contribution in [0.1, 0.15) is 57.8 Å². The summed E-state index contributed by atoms with van der Waals surface area (Å²) >= 11 is 0. The largest absolute Gasteiger partial charge is 0.737 e. The Morgan fingerprint density at radius 2 is 1.04 bits per heavy atom. The molecule has 0 saturated heterocycles. The Hall–Kier alpha value is -2.60. The fourth-order valence-electron chi connectivity index (χ4n) is 3.48. The Labute approximate surface area is 168 Å². The van der Waals surface area contributed by atoms with Crippen molar-refractivity contribution in [3.8, 4) is 0 Å². The van der Waals surface area contributed by atoms with Gasteiger partial charge in [0.1, 0.15) is 17.3 Å². The molecule has 28 heavy (non-hydrogen) atoms. The second-order valence-corrected chi connectivity index (χ2v) is 9.52. The first-order chi connectivity index (χ1) is 13.8. The molecule has 144 valence electrons. The third kappa shape index (κ3) is 4.62. The van der Waals surface area contributed by atoms with Crippen molar-refractivity contribution in [3.63, 3.8) is 0 Å². The summed E-state index contributed by atoms with van der Waals surface area (Å²) in [4.78, 5) is 0. The number of rotatable bonds is 7. The predicted octanol–water partition coefficient (Wildman–Crippen LogP) is 5.55. The average Bonchev–Trinajstić information content (AvgIpc) is 2.76. The van der Waals surface area contributed by atoms with E-state index < -0.39 is 8.80 Å². The molecular weight excluding hydrogens is 364 g/mol. The minimum absolute atomic E-state index is 0.822. The molecule has 0 aliphatic heterocycles. The van der Waals surface area contributed by atoms with Crippen LogP contribution < -0.4 is 5.19 Å². The van der Waals surface area contributed by atoms with Crippen molar-refractivity contribution in [2.45, 2.75) is 57.8 Å². The summed E-state index contributed by atoms with van der Waals surface area (Å²) in [5, 5.41) is 0.953. The minimum atomic E-state index is -3.29. The highest BCUT2D eigenvalue weighted by molar-refractivity contribution is 6.76. The van der Waals surface area contributed by atoms with Gasteiger partial charge in [-0.05, 0) is 56.8 Å². The first kappa shape index (κ1) is 18.7. The van der Waals surface area contributed by atoms with E-state index in [0.29, 0.717) is 0 Å². The number of allylic oxidation sites excluding steroid dienone is 3. The Morgan fingerprint density at radius 3 is 1.39 bits per heavy atom. The van der Waals surface area contributed by atoms with E-state index in [4.69, 9.17) is 13.3 Å². The van der Waals surface area contributed by atoms with Gasteiger partial charge in [0.05, 0.1) is 5.19 Å². The molecule has 1 aromatic carbocycles. The van der Waals surface area contributed by atoms with Gasteiger partial charge < -0.3 is 13.3 Å². The molecule has 4 rings (SSSR count). The lowest BCUT2D eigenvalue weighted by Crippen LogP contribution is -2.56. The van der Waals surface area contributed by atoms with E-state index in [1.807, 2.05) is 48.6 Å². The van der Waals surface area contributed by atoms with Crippen LogP contribution in [0.25, 0.3) is 0 Å². The second-order valence-electron chi connectivity index (χ2n) is 7.22. The van der Waals surface area contributed by atoms with E-state index in [1.54, 1.807) is 0 Å². The molecule has 0 bridgehead atoms. The zero-order chi connectivity index (χ0) is 19.1. The van der Waals surface area contributed by atoms with Crippen molar-refractivity contribution in [3.05, 3.63) is 83.0 Å². The van der Waals surface area contributed by atoms with Gasteiger partial charge in [-0.3, -0.25) is 0 Å². The van der Waals surface area contributed by atoms with Crippen molar-refractivity contribution < 1.29 is 13.3 Å². The van der Waals surface area contributed by atoms with Gasteiger partial charge in [-0.2, -0.15) is 0 Å². The van der Waals surface area contributed by atoms with Gasteiger partial charge in [0, 0.05) is 19.3 Å². The van der Waals surface area contributed by atoms with Crippen molar-refractivity contribution in [1.82, 2.24) is 0 Å². The van der Waals surface area contributed by atoms with E-state index in [1.165, 1.54) is 0 Å². The maximum atomic E-state index is 6.59. The quantitative estimate of drug-likeness (QED) is 0.451. The third-order valence-electron chi connectivity index (χ3n) is 4.95. The Morgan fingerprint density at radius 1 is 0.607 bits per heavy atom. The van der Waals surface area contributed by atoms with Crippen LogP contribution in [-0.4, -0.2) is 8.80 Å². The average molecular weight is 391 g/mol. The molecule has 0 amide bonds. The summed E-state index contributed by atoms with van der Waals surface area (Å²) in [5.74, 6) is 2.47. The Bertz CT molecular complexity index is 805. The Kier molecular flexibility index (Phi) is 6.06. The first-order valence-electron chi connectivity index (χ1n) is 10.3. The fourth-order valence-corrected chi connectivity index (χ4v) is 6.01. The molecule has 0 heterocycles. The normalized spacial score (nSPS) is 18.8. The second kappa shape index (κ2) is 9.06. The van der Waals surface area contributed by atoms with Gasteiger partial charge in [-0.15, -0.1) is 0 Å². The van der Waals surface area contributed by atoms with Gasteiger partial charge in [0.25, 0.3) is 0 Å². The summed E-state index contributed by atoms with van der Waals surface area (Å²) < 4.78 is 19.8. The van der Waals surface area contributed by atoms with Crippen LogP contribution in [0.4, 0.5) is 0 Å². The molecular formula is C24H26O3Si. The van der Waals surface area contributed by atoms with Crippen LogP contribution in [0, 0.1) is 0 Å². The van der Waals surface area contributed by atoms with Crippen LogP contribution in [0.15, 0.2) is 83.0 Å². The molecule has 0 radical (unpaired) electrons. The van der Waals surface area contributed by atoms with Crippen molar-refractivity contribution in [1.29, 1.82) is 0 Å². The maximum absolute atomic E-state index is 6.59. The lowest BCUT2D eigenvalue weighted by atomic mass is 10.1. The molecule has 0 N–H and O–H groups in total. The van der Waals surface area contributed by atoms with E-state index in [-0.39, 0.29) is 0 Å². The maximum Gasteiger partial charge on any atom is 0.737 e. The van der Waals surface area contributed by atoms with Crippen LogP contribution in [0.2, 0.25) is 0 Å². The van der Waals surface area contributed by atoms with Crippen molar-refractivity contribution >= 4 is 14.0 Å². The highest BCUT2D eigenvalue weighted by Crippen LogP contribution is 2.28. The smallest absolute Gasteiger partial charge is 0.477 e. The summed E-state index contributed by atoms with van der Waals surface area (Å²) in [6, 6.07) is 10.1. The molecule has 0 saturated carbocycles. The van der Waals surface area contributed by atoms with Gasteiger partial charge in [0.15, 0.2) is 0 Å². The topological polar surface area (TPSA) is 27.7 Å². The monoisotopic (exact) mass is 390 g/mol. The summed E-state index contributed by atoms with van der Waals surface area (Å²) in [5.41, 5.74) is 9.86. The lowest BCUT2D eigenvalue weighted by Gasteiger charge is -2.32. The molecule has 0 atom stereocenters. The van der Waals surface area contributed by atoms with Gasteiger partial charge in [0.2, 0.25) is 0 Å². The molecule has 0 unspecified atom stereocenters. The molecule has 0 fully saturated rings. The molecule has 0 aromatic heterocycles. The number of hydrogen-bond acceptors (Lipinski definition) is 3. The SMILES string of the molecule is C1=CCCCC=1O[Si](OC1=C=CCCC1)(OC1=C=CCCC1)c1ccccc1. The number of hydrogen-bond donors (Lipinski definition) is 0. The molecule has 4 heteroatoms. The standard InChI is InChI=1S/C24H26O3Si/c1-5-13-21(14-6-1)25-28(24-19-11-4-12-20-24,26-22-15-7-2-8-16-22)27-23-17-9-3-10-18-23/h4-5,7,9,11-12,19-20H,1-3,6,8,10,14,16,18H2. The molecule has 0 spiro atoms. The van der Waals surface area contributed by atoms with Crippen LogP contribution in [0.3, 0.4) is 0 Å². The number of benzene rings is 1. The van der Waals surface area contributed by atoms with Crippen LogP contribution in [0.5, 0.6) is 0 Å². The zero-order valence-corrected chi connectivity index (χ0v) is 17.2. The fraction of sp³-hybridized carbons (Fsp3) is 0.375. The highest BCUT2D eigenvalue weighted by atomic mass is 28.4. The summed E-state index contributed by atoms with van der Waals surface area (Å²) in [7, 11) is -3.29. The summed E-state index contributed by atoms with van der Waals surface area (Å²) in [6.07, 6.45) is 15.0. The highest BCUT2D eigenvalue weighted by Gasteiger charge is 2.53. The molecule has 3 aliphatic carbocycles. The molecule has 1 aromatic rings. The van der Waals surface area contributed by atoms with Crippen molar-refractivity contribution in [2.75, 3.05) is 0 Å². The van der Waals surface area contributed by atoms with Gasteiger partial charge in [-0.25, -0.2) is 0 Å². The Balaban J connectivity index is 1.78. The van der Waals surface area contributed by atoms with E-state index in [9.17, 15) is 0 Å². The van der Waals surface area contributed by atoms with Crippen LogP contribution in [-0.2, 0) is 13.3 Å². The van der Waals surface area contributed by atoms with E-state index in [0.717, 1.165) is 80.3 Å². The van der Waals surface area contributed by atoms with E-state index in [2.05, 4.69) is 17.2 Å². The minimum Gasteiger partial charge on any atom is -0.477 e. The molecule has 3 aliphatic rings. The third-order valence-corrected chi connectivity index (χ3v) is 7.53.